The highest BCUT2D eigenvalue weighted by Gasteiger charge is 2.31. The van der Waals surface area contributed by atoms with E-state index in [1.165, 1.54) is 12.0 Å². The summed E-state index contributed by atoms with van der Waals surface area (Å²) in [6.45, 7) is -0.125. The fourth-order valence-corrected chi connectivity index (χ4v) is 4.57. The third-order valence-corrected chi connectivity index (χ3v) is 6.12. The number of anilines is 2. The molecule has 3 aromatic rings. The molecule has 1 aromatic heterocycles. The van der Waals surface area contributed by atoms with E-state index < -0.39 is 5.97 Å². The number of esters is 1. The van der Waals surface area contributed by atoms with Crippen LogP contribution in [0.2, 0.25) is 0 Å². The summed E-state index contributed by atoms with van der Waals surface area (Å²) in [6, 6.07) is 17.5. The predicted octanol–water partition coefficient (Wildman–Crippen LogP) is 4.28. The Morgan fingerprint density at radius 1 is 1.13 bits per heavy atom. The van der Waals surface area contributed by atoms with E-state index in [-0.39, 0.29) is 30.0 Å². The van der Waals surface area contributed by atoms with E-state index in [1.54, 1.807) is 48.4 Å². The second-order valence-electron chi connectivity index (χ2n) is 6.89. The Hall–Kier alpha value is -3.52. The summed E-state index contributed by atoms with van der Waals surface area (Å²) >= 11 is 1.55. The van der Waals surface area contributed by atoms with Crippen molar-refractivity contribution in [2.45, 2.75) is 16.6 Å². The van der Waals surface area contributed by atoms with Crippen LogP contribution in [0.1, 0.15) is 27.8 Å². The number of rotatable bonds is 5. The van der Waals surface area contributed by atoms with Crippen molar-refractivity contribution >= 4 is 40.9 Å². The maximum absolute atomic E-state index is 13.1. The van der Waals surface area contributed by atoms with Crippen molar-refractivity contribution in [1.82, 2.24) is 0 Å². The van der Waals surface area contributed by atoms with Gasteiger partial charge in [0.25, 0.3) is 0 Å². The van der Waals surface area contributed by atoms with Crippen LogP contribution in [0.25, 0.3) is 0 Å². The summed E-state index contributed by atoms with van der Waals surface area (Å²) in [7, 11) is 1.31. The van der Waals surface area contributed by atoms with E-state index in [0.29, 0.717) is 16.9 Å². The van der Waals surface area contributed by atoms with Gasteiger partial charge in [-0.3, -0.25) is 9.59 Å². The Morgan fingerprint density at radius 3 is 2.61 bits per heavy atom. The second-order valence-corrected chi connectivity index (χ2v) is 8.14. The lowest BCUT2D eigenvalue weighted by molar-refractivity contribution is -0.121. The van der Waals surface area contributed by atoms with Crippen molar-refractivity contribution in [3.05, 3.63) is 78.3 Å². The number of thioether (sulfide) groups is 1. The van der Waals surface area contributed by atoms with Gasteiger partial charge in [0.05, 0.1) is 29.9 Å². The molecule has 1 aliphatic heterocycles. The molecule has 31 heavy (non-hydrogen) atoms. The molecule has 1 aliphatic rings. The number of hydrogen-bond acceptors (Lipinski definition) is 6. The number of nitrogens with one attached hydrogen (secondary N) is 1. The zero-order valence-electron chi connectivity index (χ0n) is 16.7. The Kier molecular flexibility index (Phi) is 6.08. The highest BCUT2D eigenvalue weighted by atomic mass is 32.2. The lowest BCUT2D eigenvalue weighted by Gasteiger charge is -2.22. The monoisotopic (exact) mass is 436 g/mol. The van der Waals surface area contributed by atoms with E-state index in [0.717, 1.165) is 10.7 Å². The number of methoxy groups -OCH3 is 1. The minimum atomic E-state index is -0.451. The smallest absolute Gasteiger partial charge is 0.337 e. The summed E-state index contributed by atoms with van der Waals surface area (Å²) in [5.74, 6) is -0.219. The lowest BCUT2D eigenvalue weighted by atomic mass is 10.2. The van der Waals surface area contributed by atoms with Crippen LogP contribution >= 0.6 is 11.8 Å². The molecular formula is C23H20N2O5S. The van der Waals surface area contributed by atoms with Crippen molar-refractivity contribution in [2.24, 2.45) is 0 Å². The molecule has 8 heteroatoms. The van der Waals surface area contributed by atoms with Crippen molar-refractivity contribution in [3.8, 4) is 0 Å². The Labute approximate surface area is 183 Å². The number of benzene rings is 2. The molecule has 1 N–H and O–H groups in total. The molecule has 0 bridgehead atoms. The van der Waals surface area contributed by atoms with Gasteiger partial charge in [-0.25, -0.2) is 4.79 Å². The van der Waals surface area contributed by atoms with Gasteiger partial charge in [-0.2, -0.15) is 0 Å². The molecule has 0 saturated carbocycles. The molecule has 2 amide bonds. The second kappa shape index (κ2) is 9.09. The molecule has 0 spiro atoms. The number of carbonyl (C=O) groups excluding carboxylic acids is 3. The Bertz CT molecular complexity index is 1100. The van der Waals surface area contributed by atoms with E-state index in [4.69, 9.17) is 4.42 Å². The minimum Gasteiger partial charge on any atom is -0.468 e. The van der Waals surface area contributed by atoms with Crippen molar-refractivity contribution in [2.75, 3.05) is 23.9 Å². The van der Waals surface area contributed by atoms with Gasteiger partial charge in [0.1, 0.15) is 12.3 Å². The van der Waals surface area contributed by atoms with Gasteiger partial charge < -0.3 is 19.4 Å². The zero-order valence-corrected chi connectivity index (χ0v) is 17.6. The van der Waals surface area contributed by atoms with Crippen molar-refractivity contribution in [1.29, 1.82) is 0 Å². The molecule has 2 heterocycles. The summed E-state index contributed by atoms with van der Waals surface area (Å²) < 4.78 is 10.2. The van der Waals surface area contributed by atoms with Gasteiger partial charge in [-0.1, -0.05) is 12.1 Å². The number of carbonyl (C=O) groups is 3. The summed E-state index contributed by atoms with van der Waals surface area (Å²) in [5.41, 5.74) is 1.61. The topological polar surface area (TPSA) is 88.9 Å². The average molecular weight is 436 g/mol. The number of para-hydroxylation sites is 1. The quantitative estimate of drug-likeness (QED) is 0.601. The highest BCUT2D eigenvalue weighted by Crippen LogP contribution is 2.45. The first-order valence-electron chi connectivity index (χ1n) is 9.63. The van der Waals surface area contributed by atoms with Crippen LogP contribution in [-0.4, -0.2) is 31.4 Å². The maximum atomic E-state index is 13.1. The first kappa shape index (κ1) is 20.7. The SMILES string of the molecule is COC(=O)c1ccc(NC(=O)CN2C(=O)C[C@H](c3ccco3)Sc3ccccc32)cc1. The van der Waals surface area contributed by atoms with Gasteiger partial charge in [-0.05, 0) is 48.5 Å². The maximum Gasteiger partial charge on any atom is 0.337 e. The van der Waals surface area contributed by atoms with Crippen LogP contribution in [0.15, 0.2) is 76.2 Å². The average Bonchev–Trinajstić information content (AvgIpc) is 3.28. The molecule has 0 aliphatic carbocycles. The third kappa shape index (κ3) is 4.64. The molecule has 0 saturated heterocycles. The van der Waals surface area contributed by atoms with E-state index in [9.17, 15) is 14.4 Å². The number of furan rings is 1. The fraction of sp³-hybridized carbons (Fsp3) is 0.174. The molecule has 4 rings (SSSR count). The highest BCUT2D eigenvalue weighted by molar-refractivity contribution is 7.99. The number of amides is 2. The minimum absolute atomic E-state index is 0.125. The van der Waals surface area contributed by atoms with Crippen LogP contribution in [0.5, 0.6) is 0 Å². The first-order valence-corrected chi connectivity index (χ1v) is 10.5. The zero-order chi connectivity index (χ0) is 21.8. The Morgan fingerprint density at radius 2 is 1.90 bits per heavy atom. The van der Waals surface area contributed by atoms with Crippen LogP contribution < -0.4 is 10.2 Å². The van der Waals surface area contributed by atoms with Gasteiger partial charge in [-0.15, -0.1) is 11.8 Å². The predicted molar refractivity (Wildman–Crippen MR) is 117 cm³/mol. The van der Waals surface area contributed by atoms with Gasteiger partial charge >= 0.3 is 5.97 Å². The van der Waals surface area contributed by atoms with Crippen molar-refractivity contribution < 1.29 is 23.5 Å². The normalized spacial score (nSPS) is 15.7. The molecular weight excluding hydrogens is 416 g/mol. The number of nitrogens with zero attached hydrogens (tertiary/aromatic N) is 1. The van der Waals surface area contributed by atoms with Gasteiger partial charge in [0.15, 0.2) is 0 Å². The molecule has 158 valence electrons. The first-order chi connectivity index (χ1) is 15.0. The van der Waals surface area contributed by atoms with Crippen molar-refractivity contribution in [3.63, 3.8) is 0 Å². The van der Waals surface area contributed by atoms with E-state index in [1.807, 2.05) is 30.3 Å². The molecule has 2 aromatic carbocycles. The molecule has 0 radical (unpaired) electrons. The fourth-order valence-electron chi connectivity index (χ4n) is 3.34. The van der Waals surface area contributed by atoms with E-state index in [2.05, 4.69) is 10.1 Å². The lowest BCUT2D eigenvalue weighted by Crippen LogP contribution is -2.38. The summed E-state index contributed by atoms with van der Waals surface area (Å²) in [6.07, 6.45) is 1.81. The van der Waals surface area contributed by atoms with Crippen LogP contribution in [0, 0.1) is 0 Å². The number of fused-ring (bicyclic) bond motifs is 1. The summed E-state index contributed by atoms with van der Waals surface area (Å²) in [5, 5.41) is 2.61. The molecule has 0 fully saturated rings. The van der Waals surface area contributed by atoms with Gasteiger partial charge in [0, 0.05) is 17.0 Å². The standard InChI is InChI=1S/C23H20N2O5S/c1-29-23(28)15-8-10-16(11-9-15)24-21(26)14-25-17-5-2-3-7-19(17)31-20(13-22(25)27)18-6-4-12-30-18/h2-12,20H,13-14H2,1H3,(H,24,26)/t20-/m1/s1. The van der Waals surface area contributed by atoms with Crippen LogP contribution in [0.3, 0.4) is 0 Å². The molecule has 1 atom stereocenters. The number of hydrogen-bond donors (Lipinski definition) is 1. The number of ether oxygens (including phenoxy) is 1. The van der Waals surface area contributed by atoms with E-state index >= 15 is 0 Å². The third-order valence-electron chi connectivity index (χ3n) is 4.84. The van der Waals surface area contributed by atoms with Crippen LogP contribution in [-0.2, 0) is 14.3 Å². The van der Waals surface area contributed by atoms with Crippen LogP contribution in [0.4, 0.5) is 11.4 Å². The molecule has 7 nitrogen and oxygen atoms in total. The largest absolute Gasteiger partial charge is 0.468 e. The Balaban J connectivity index is 1.51. The van der Waals surface area contributed by atoms with Gasteiger partial charge in [0.2, 0.25) is 11.8 Å². The molecule has 0 unspecified atom stereocenters. The summed E-state index contributed by atoms with van der Waals surface area (Å²) in [4.78, 5) is 39.7.